The standard InChI is InChI=1S/C17H16N2O3S/c1-11-5-3-4-6-14(11)18-10-19-16(20)15(23-17(19)21)9-13-8-7-12(2)22-13/h3-9,18H,10H2,1-2H3. The van der Waals surface area contributed by atoms with Crippen molar-refractivity contribution in [2.45, 2.75) is 13.8 Å². The summed E-state index contributed by atoms with van der Waals surface area (Å²) in [4.78, 5) is 26.0. The third kappa shape index (κ3) is 3.32. The van der Waals surface area contributed by atoms with Crippen molar-refractivity contribution < 1.29 is 14.0 Å². The lowest BCUT2D eigenvalue weighted by atomic mass is 10.2. The maximum absolute atomic E-state index is 12.4. The summed E-state index contributed by atoms with van der Waals surface area (Å²) in [7, 11) is 0. The summed E-state index contributed by atoms with van der Waals surface area (Å²) < 4.78 is 5.42. The minimum atomic E-state index is -0.310. The van der Waals surface area contributed by atoms with Gasteiger partial charge < -0.3 is 9.73 Å². The monoisotopic (exact) mass is 328 g/mol. The van der Waals surface area contributed by atoms with E-state index in [4.69, 9.17) is 4.42 Å². The van der Waals surface area contributed by atoms with Crippen LogP contribution >= 0.6 is 11.8 Å². The number of thioether (sulfide) groups is 1. The zero-order valence-corrected chi connectivity index (χ0v) is 13.6. The van der Waals surface area contributed by atoms with Gasteiger partial charge in [0.25, 0.3) is 11.1 Å². The van der Waals surface area contributed by atoms with Crippen LogP contribution in [-0.4, -0.2) is 22.7 Å². The van der Waals surface area contributed by atoms with Gasteiger partial charge in [-0.1, -0.05) is 18.2 Å². The number of nitrogens with one attached hydrogen (secondary N) is 1. The molecule has 1 saturated heterocycles. The number of furan rings is 1. The molecule has 0 spiro atoms. The van der Waals surface area contributed by atoms with Gasteiger partial charge in [0.05, 0.1) is 11.6 Å². The van der Waals surface area contributed by atoms with Crippen molar-refractivity contribution in [2.75, 3.05) is 12.0 Å². The van der Waals surface area contributed by atoms with E-state index in [1.54, 1.807) is 12.1 Å². The van der Waals surface area contributed by atoms with Crippen LogP contribution in [0.15, 0.2) is 45.7 Å². The van der Waals surface area contributed by atoms with E-state index in [1.165, 1.54) is 4.90 Å². The molecule has 118 valence electrons. The highest BCUT2D eigenvalue weighted by Gasteiger charge is 2.35. The van der Waals surface area contributed by atoms with Gasteiger partial charge in [-0.2, -0.15) is 0 Å². The van der Waals surface area contributed by atoms with Gasteiger partial charge in [0.1, 0.15) is 11.5 Å². The average Bonchev–Trinajstić information content (AvgIpc) is 3.04. The number of nitrogens with zero attached hydrogens (tertiary/aromatic N) is 1. The van der Waals surface area contributed by atoms with Gasteiger partial charge in [-0.15, -0.1) is 0 Å². The molecule has 3 rings (SSSR count). The van der Waals surface area contributed by atoms with Crippen LogP contribution in [0.2, 0.25) is 0 Å². The van der Waals surface area contributed by atoms with E-state index >= 15 is 0 Å². The largest absolute Gasteiger partial charge is 0.462 e. The second-order valence-electron chi connectivity index (χ2n) is 5.21. The second-order valence-corrected chi connectivity index (χ2v) is 6.20. The number of carbonyl (C=O) groups is 2. The third-order valence-electron chi connectivity index (χ3n) is 3.48. The summed E-state index contributed by atoms with van der Waals surface area (Å²) >= 11 is 0.924. The highest BCUT2D eigenvalue weighted by molar-refractivity contribution is 8.18. The smallest absolute Gasteiger partial charge is 0.295 e. The molecule has 1 aromatic heterocycles. The molecule has 1 fully saturated rings. The number of amides is 2. The van der Waals surface area contributed by atoms with Gasteiger partial charge in [0, 0.05) is 11.8 Å². The first kappa shape index (κ1) is 15.4. The van der Waals surface area contributed by atoms with Crippen LogP contribution in [0.4, 0.5) is 10.5 Å². The van der Waals surface area contributed by atoms with Crippen molar-refractivity contribution in [3.8, 4) is 0 Å². The molecule has 1 N–H and O–H groups in total. The number of para-hydroxylation sites is 1. The number of benzene rings is 1. The molecule has 6 heteroatoms. The number of anilines is 1. The van der Waals surface area contributed by atoms with E-state index in [0.29, 0.717) is 10.7 Å². The van der Waals surface area contributed by atoms with E-state index in [9.17, 15) is 9.59 Å². The molecule has 1 aliphatic heterocycles. The van der Waals surface area contributed by atoms with Crippen LogP contribution < -0.4 is 5.32 Å². The predicted octanol–water partition coefficient (Wildman–Crippen LogP) is 4.00. The Morgan fingerprint density at radius 2 is 1.96 bits per heavy atom. The van der Waals surface area contributed by atoms with Gasteiger partial charge >= 0.3 is 0 Å². The Morgan fingerprint density at radius 3 is 2.65 bits per heavy atom. The lowest BCUT2D eigenvalue weighted by molar-refractivity contribution is -0.122. The molecular weight excluding hydrogens is 312 g/mol. The topological polar surface area (TPSA) is 62.6 Å². The summed E-state index contributed by atoms with van der Waals surface area (Å²) in [5.41, 5.74) is 1.96. The molecule has 5 nitrogen and oxygen atoms in total. The summed E-state index contributed by atoms with van der Waals surface area (Å²) in [6.07, 6.45) is 1.60. The van der Waals surface area contributed by atoms with Crippen molar-refractivity contribution in [2.24, 2.45) is 0 Å². The molecule has 23 heavy (non-hydrogen) atoms. The maximum atomic E-state index is 12.4. The molecule has 1 aromatic carbocycles. The Bertz CT molecular complexity index is 795. The predicted molar refractivity (Wildman–Crippen MR) is 90.9 cm³/mol. The van der Waals surface area contributed by atoms with Crippen LogP contribution in [0.1, 0.15) is 17.1 Å². The average molecular weight is 328 g/mol. The van der Waals surface area contributed by atoms with E-state index in [1.807, 2.05) is 44.2 Å². The molecule has 0 aliphatic carbocycles. The Morgan fingerprint density at radius 1 is 1.17 bits per heavy atom. The third-order valence-corrected chi connectivity index (χ3v) is 4.39. The Balaban J connectivity index is 1.72. The van der Waals surface area contributed by atoms with Crippen LogP contribution in [0.25, 0.3) is 6.08 Å². The number of aryl methyl sites for hydroxylation is 2. The van der Waals surface area contributed by atoms with Crippen molar-refractivity contribution in [3.05, 3.63) is 58.4 Å². The van der Waals surface area contributed by atoms with E-state index in [2.05, 4.69) is 5.32 Å². The van der Waals surface area contributed by atoms with Crippen molar-refractivity contribution >= 4 is 34.7 Å². The summed E-state index contributed by atoms with van der Waals surface area (Å²) in [6.45, 7) is 3.94. The number of hydrogen-bond donors (Lipinski definition) is 1. The van der Waals surface area contributed by atoms with E-state index in [-0.39, 0.29) is 17.8 Å². The first-order chi connectivity index (χ1) is 11.0. The summed E-state index contributed by atoms with van der Waals surface area (Å²) in [5.74, 6) is 1.02. The van der Waals surface area contributed by atoms with Crippen molar-refractivity contribution in [1.82, 2.24) is 4.90 Å². The van der Waals surface area contributed by atoms with E-state index in [0.717, 1.165) is 28.8 Å². The maximum Gasteiger partial charge on any atom is 0.295 e. The zero-order chi connectivity index (χ0) is 16.4. The second kappa shape index (κ2) is 6.34. The molecule has 0 bridgehead atoms. The molecular formula is C17H16N2O3S. The number of imide groups is 1. The van der Waals surface area contributed by atoms with Crippen molar-refractivity contribution in [3.63, 3.8) is 0 Å². The minimum Gasteiger partial charge on any atom is -0.462 e. The minimum absolute atomic E-state index is 0.143. The van der Waals surface area contributed by atoms with Gasteiger partial charge in [0.2, 0.25) is 0 Å². The zero-order valence-electron chi connectivity index (χ0n) is 12.8. The molecule has 0 radical (unpaired) electrons. The first-order valence-electron chi connectivity index (χ1n) is 7.16. The van der Waals surface area contributed by atoms with Crippen LogP contribution in [0.5, 0.6) is 0 Å². The highest BCUT2D eigenvalue weighted by Crippen LogP contribution is 2.32. The number of rotatable bonds is 4. The lowest BCUT2D eigenvalue weighted by Crippen LogP contribution is -2.33. The normalized spacial score (nSPS) is 16.4. The highest BCUT2D eigenvalue weighted by atomic mass is 32.2. The van der Waals surface area contributed by atoms with Gasteiger partial charge in [-0.25, -0.2) is 0 Å². The molecule has 0 unspecified atom stereocenters. The van der Waals surface area contributed by atoms with Crippen molar-refractivity contribution in [1.29, 1.82) is 0 Å². The van der Waals surface area contributed by atoms with Gasteiger partial charge in [-0.05, 0) is 49.4 Å². The van der Waals surface area contributed by atoms with Crippen LogP contribution in [0, 0.1) is 13.8 Å². The lowest BCUT2D eigenvalue weighted by Gasteiger charge is -2.15. The molecule has 2 aromatic rings. The SMILES string of the molecule is Cc1ccc(C=C2SC(=O)N(CNc3ccccc3C)C2=O)o1. The number of hydrogen-bond acceptors (Lipinski definition) is 5. The molecule has 1 aliphatic rings. The molecule has 0 saturated carbocycles. The fourth-order valence-electron chi connectivity index (χ4n) is 2.23. The first-order valence-corrected chi connectivity index (χ1v) is 7.97. The fourth-order valence-corrected chi connectivity index (χ4v) is 3.05. The van der Waals surface area contributed by atoms with E-state index < -0.39 is 0 Å². The van der Waals surface area contributed by atoms with Gasteiger partial charge in [-0.3, -0.25) is 14.5 Å². The molecule has 0 atom stereocenters. The number of carbonyl (C=O) groups excluding carboxylic acids is 2. The molecule has 2 heterocycles. The quantitative estimate of drug-likeness (QED) is 0.860. The van der Waals surface area contributed by atoms with Gasteiger partial charge in [0.15, 0.2) is 0 Å². The molecule has 2 amide bonds. The Labute approximate surface area is 138 Å². The Hall–Kier alpha value is -2.47. The summed E-state index contributed by atoms with van der Waals surface area (Å²) in [6, 6.07) is 11.3. The Kier molecular flexibility index (Phi) is 4.25. The van der Waals surface area contributed by atoms with Crippen LogP contribution in [-0.2, 0) is 4.79 Å². The summed E-state index contributed by atoms with van der Waals surface area (Å²) in [5, 5.41) is 2.84. The van der Waals surface area contributed by atoms with Crippen LogP contribution in [0.3, 0.4) is 0 Å². The fraction of sp³-hybridized carbons (Fsp3) is 0.176.